The number of hydrogen-bond acceptors (Lipinski definition) is 4. The number of nitrogens with one attached hydrogen (secondary N) is 2. The maximum atomic E-state index is 5.32. The fourth-order valence-corrected chi connectivity index (χ4v) is 1.09. The normalized spacial score (nSPS) is 9.67. The van der Waals surface area contributed by atoms with E-state index in [-0.39, 0.29) is 0 Å². The van der Waals surface area contributed by atoms with Gasteiger partial charge in [-0.25, -0.2) is 0 Å². The lowest BCUT2D eigenvalue weighted by Gasteiger charge is -2.10. The van der Waals surface area contributed by atoms with Crippen molar-refractivity contribution in [3.63, 3.8) is 0 Å². The maximum Gasteiger partial charge on any atom is 0.0537 e. The molecule has 0 aliphatic rings. The smallest absolute Gasteiger partial charge is 0.0537 e. The molecule has 0 spiro atoms. The molecule has 0 aliphatic heterocycles. The van der Waals surface area contributed by atoms with Crippen LogP contribution in [0, 0.1) is 13.8 Å². The van der Waals surface area contributed by atoms with Crippen molar-refractivity contribution in [3.05, 3.63) is 23.3 Å². The van der Waals surface area contributed by atoms with Crippen molar-refractivity contribution in [2.24, 2.45) is 11.7 Å². The van der Waals surface area contributed by atoms with Crippen LogP contribution in [0.15, 0.2) is 12.1 Å². The monoisotopic (exact) mass is 166 g/mol. The minimum absolute atomic E-state index is 0.853. The van der Waals surface area contributed by atoms with Crippen LogP contribution in [0.25, 0.3) is 0 Å². The number of benzene rings is 1. The lowest BCUT2D eigenvalue weighted by Crippen LogP contribution is -2.11. The van der Waals surface area contributed by atoms with E-state index < -0.39 is 0 Å². The second kappa shape index (κ2) is 3.42. The molecule has 0 atom stereocenters. The van der Waals surface area contributed by atoms with Crippen LogP contribution in [0.1, 0.15) is 11.1 Å². The summed E-state index contributed by atoms with van der Waals surface area (Å²) in [5.41, 5.74) is 9.22. The number of hydrazine groups is 2. The molecule has 1 rings (SSSR count). The zero-order valence-electron chi connectivity index (χ0n) is 7.31. The molecule has 1 aromatic rings. The van der Waals surface area contributed by atoms with Crippen LogP contribution >= 0.6 is 0 Å². The van der Waals surface area contributed by atoms with E-state index in [4.69, 9.17) is 11.7 Å². The van der Waals surface area contributed by atoms with E-state index in [9.17, 15) is 0 Å². The van der Waals surface area contributed by atoms with Crippen LogP contribution in [0.2, 0.25) is 0 Å². The van der Waals surface area contributed by atoms with Gasteiger partial charge in [-0.15, -0.1) is 0 Å². The van der Waals surface area contributed by atoms with Gasteiger partial charge in [0.1, 0.15) is 0 Å². The second-order valence-electron chi connectivity index (χ2n) is 2.75. The molecule has 0 bridgehead atoms. The van der Waals surface area contributed by atoms with Gasteiger partial charge in [-0.3, -0.25) is 11.7 Å². The molecule has 4 heteroatoms. The first-order chi connectivity index (χ1) is 5.69. The van der Waals surface area contributed by atoms with Gasteiger partial charge in [0.2, 0.25) is 0 Å². The van der Waals surface area contributed by atoms with Crippen LogP contribution in [0.3, 0.4) is 0 Å². The first-order valence-electron chi connectivity index (χ1n) is 3.73. The lowest BCUT2D eigenvalue weighted by molar-refractivity contribution is 1.25. The predicted octanol–water partition coefficient (Wildman–Crippen LogP) is 0.875. The van der Waals surface area contributed by atoms with Crippen molar-refractivity contribution in [1.29, 1.82) is 0 Å². The van der Waals surface area contributed by atoms with Gasteiger partial charge in [0.25, 0.3) is 0 Å². The quantitative estimate of drug-likeness (QED) is 0.388. The summed E-state index contributed by atoms with van der Waals surface area (Å²) in [7, 11) is 0. The first-order valence-corrected chi connectivity index (χ1v) is 3.73. The SMILES string of the molecule is Cc1cc(NN)cc(NN)c1C. The fraction of sp³-hybridized carbons (Fsp3) is 0.250. The number of hydrogen-bond donors (Lipinski definition) is 4. The lowest BCUT2D eigenvalue weighted by atomic mass is 10.1. The van der Waals surface area contributed by atoms with E-state index in [1.165, 1.54) is 0 Å². The Morgan fingerprint density at radius 3 is 2.25 bits per heavy atom. The average molecular weight is 166 g/mol. The standard InChI is InChI=1S/C8H14N4/c1-5-3-7(11-9)4-8(12-10)6(5)2/h3-4,11-12H,9-10H2,1-2H3. The minimum Gasteiger partial charge on any atom is -0.324 e. The highest BCUT2D eigenvalue weighted by molar-refractivity contribution is 5.62. The molecular formula is C8H14N4. The minimum atomic E-state index is 0.853. The zero-order chi connectivity index (χ0) is 9.14. The molecule has 0 amide bonds. The van der Waals surface area contributed by atoms with Crippen molar-refractivity contribution < 1.29 is 0 Å². The molecule has 0 aliphatic carbocycles. The number of anilines is 2. The van der Waals surface area contributed by atoms with Crippen molar-refractivity contribution in [2.45, 2.75) is 13.8 Å². The first kappa shape index (κ1) is 8.83. The molecular weight excluding hydrogens is 152 g/mol. The Bertz CT molecular complexity index is 283. The number of aryl methyl sites for hydroxylation is 1. The summed E-state index contributed by atoms with van der Waals surface area (Å²) in [6.45, 7) is 4.02. The van der Waals surface area contributed by atoms with Crippen LogP contribution < -0.4 is 22.5 Å². The summed E-state index contributed by atoms with van der Waals surface area (Å²) in [5.74, 6) is 10.6. The highest BCUT2D eigenvalue weighted by Crippen LogP contribution is 2.22. The van der Waals surface area contributed by atoms with Crippen molar-refractivity contribution in [1.82, 2.24) is 0 Å². The molecule has 0 saturated heterocycles. The van der Waals surface area contributed by atoms with E-state index in [0.717, 1.165) is 22.5 Å². The summed E-state index contributed by atoms with van der Waals surface area (Å²) in [4.78, 5) is 0. The van der Waals surface area contributed by atoms with E-state index >= 15 is 0 Å². The molecule has 66 valence electrons. The topological polar surface area (TPSA) is 76.1 Å². The van der Waals surface area contributed by atoms with Gasteiger partial charge in [0, 0.05) is 0 Å². The molecule has 0 unspecified atom stereocenters. The zero-order valence-corrected chi connectivity index (χ0v) is 7.31. The van der Waals surface area contributed by atoms with Gasteiger partial charge in [-0.1, -0.05) is 0 Å². The average Bonchev–Trinajstić information content (AvgIpc) is 2.09. The molecule has 6 N–H and O–H groups in total. The Morgan fingerprint density at radius 2 is 1.75 bits per heavy atom. The number of nitrogen functional groups attached to an aromatic ring is 2. The van der Waals surface area contributed by atoms with Gasteiger partial charge in [0.15, 0.2) is 0 Å². The van der Waals surface area contributed by atoms with E-state index in [0.29, 0.717) is 0 Å². The molecule has 4 nitrogen and oxygen atoms in total. The van der Waals surface area contributed by atoms with Crippen molar-refractivity contribution in [3.8, 4) is 0 Å². The third kappa shape index (κ3) is 1.49. The Hall–Kier alpha value is -1.26. The Labute approximate surface area is 71.9 Å². The Kier molecular flexibility index (Phi) is 2.52. The van der Waals surface area contributed by atoms with Crippen molar-refractivity contribution >= 4 is 11.4 Å². The molecule has 0 radical (unpaired) electrons. The van der Waals surface area contributed by atoms with Crippen LogP contribution in [-0.4, -0.2) is 0 Å². The molecule has 1 aromatic carbocycles. The van der Waals surface area contributed by atoms with Crippen LogP contribution in [-0.2, 0) is 0 Å². The third-order valence-corrected chi connectivity index (χ3v) is 1.99. The summed E-state index contributed by atoms with van der Waals surface area (Å²) in [6.07, 6.45) is 0. The van der Waals surface area contributed by atoms with Crippen molar-refractivity contribution in [2.75, 3.05) is 10.9 Å². The summed E-state index contributed by atoms with van der Waals surface area (Å²) in [5, 5.41) is 0. The second-order valence-corrected chi connectivity index (χ2v) is 2.75. The van der Waals surface area contributed by atoms with Gasteiger partial charge in [-0.05, 0) is 37.1 Å². The van der Waals surface area contributed by atoms with E-state index in [1.807, 2.05) is 26.0 Å². The van der Waals surface area contributed by atoms with Crippen LogP contribution in [0.4, 0.5) is 11.4 Å². The number of rotatable bonds is 2. The number of nitrogens with two attached hydrogens (primary N) is 2. The maximum absolute atomic E-state index is 5.32. The predicted molar refractivity (Wildman–Crippen MR) is 51.5 cm³/mol. The highest BCUT2D eigenvalue weighted by atomic mass is 15.2. The fourth-order valence-electron chi connectivity index (χ4n) is 1.09. The van der Waals surface area contributed by atoms with Gasteiger partial charge in [-0.2, -0.15) is 0 Å². The van der Waals surface area contributed by atoms with Gasteiger partial charge >= 0.3 is 0 Å². The largest absolute Gasteiger partial charge is 0.324 e. The summed E-state index contributed by atoms with van der Waals surface area (Å²) >= 11 is 0. The molecule has 12 heavy (non-hydrogen) atoms. The summed E-state index contributed by atoms with van der Waals surface area (Å²) in [6, 6.07) is 3.83. The molecule has 0 heterocycles. The summed E-state index contributed by atoms with van der Waals surface area (Å²) < 4.78 is 0. The Balaban J connectivity index is 3.19. The van der Waals surface area contributed by atoms with E-state index in [2.05, 4.69) is 10.9 Å². The molecule has 0 saturated carbocycles. The Morgan fingerprint density at radius 1 is 1.08 bits per heavy atom. The van der Waals surface area contributed by atoms with Gasteiger partial charge in [0.05, 0.1) is 11.4 Å². The molecule has 0 fully saturated rings. The highest BCUT2D eigenvalue weighted by Gasteiger charge is 2.01. The third-order valence-electron chi connectivity index (χ3n) is 1.99. The van der Waals surface area contributed by atoms with Crippen LogP contribution in [0.5, 0.6) is 0 Å². The van der Waals surface area contributed by atoms with Gasteiger partial charge < -0.3 is 10.9 Å². The van der Waals surface area contributed by atoms with E-state index in [1.54, 1.807) is 0 Å². The molecule has 0 aromatic heterocycles.